The number of carbonyl (C=O) groups is 3. The van der Waals surface area contributed by atoms with Gasteiger partial charge in [-0.2, -0.15) is 0 Å². The first-order valence-electron chi connectivity index (χ1n) is 6.96. The molecule has 1 atom stereocenters. The van der Waals surface area contributed by atoms with E-state index < -0.39 is 24.0 Å². The number of rotatable bonds is 2. The van der Waals surface area contributed by atoms with Gasteiger partial charge in [0, 0.05) is 0 Å². The molecule has 0 saturated carbocycles. The van der Waals surface area contributed by atoms with Crippen LogP contribution in [0.4, 0.5) is 4.79 Å². The van der Waals surface area contributed by atoms with Gasteiger partial charge in [0.2, 0.25) is 0 Å². The lowest BCUT2D eigenvalue weighted by atomic mass is 9.94. The van der Waals surface area contributed by atoms with E-state index in [2.05, 4.69) is 5.32 Å². The Morgan fingerprint density at radius 2 is 2.08 bits per heavy atom. The van der Waals surface area contributed by atoms with Crippen LogP contribution < -0.4 is 5.32 Å². The number of halogens is 2. The van der Waals surface area contributed by atoms with Gasteiger partial charge in [-0.25, -0.2) is 14.4 Å². The molecule has 2 aliphatic rings. The van der Waals surface area contributed by atoms with Crippen LogP contribution in [-0.4, -0.2) is 43.1 Å². The maximum atomic E-state index is 12.3. The molecule has 1 saturated heterocycles. The summed E-state index contributed by atoms with van der Waals surface area (Å²) in [4.78, 5) is 37.9. The summed E-state index contributed by atoms with van der Waals surface area (Å²) in [7, 11) is 1.19. The molecule has 0 aliphatic carbocycles. The van der Waals surface area contributed by atoms with Gasteiger partial charge in [0.05, 0.1) is 35.3 Å². The lowest BCUT2D eigenvalue weighted by Gasteiger charge is -2.37. The molecule has 0 bridgehead atoms. The molecular weight excluding hydrogens is 359 g/mol. The molecule has 3 rings (SSSR count). The summed E-state index contributed by atoms with van der Waals surface area (Å²) in [5.74, 6) is -1.49. The molecule has 2 aliphatic heterocycles. The summed E-state index contributed by atoms with van der Waals surface area (Å²) >= 11 is 11.9. The summed E-state index contributed by atoms with van der Waals surface area (Å²) in [5.41, 5.74) is 0.358. The Kier molecular flexibility index (Phi) is 4.38. The second-order valence-corrected chi connectivity index (χ2v) is 5.91. The van der Waals surface area contributed by atoms with Crippen molar-refractivity contribution in [1.29, 1.82) is 0 Å². The number of carbonyl (C=O) groups excluding carboxylic acids is 3. The molecule has 1 fully saturated rings. The predicted octanol–water partition coefficient (Wildman–Crippen LogP) is 2.04. The van der Waals surface area contributed by atoms with Crippen LogP contribution in [0.25, 0.3) is 0 Å². The van der Waals surface area contributed by atoms with Crippen molar-refractivity contribution in [2.75, 3.05) is 20.3 Å². The maximum absolute atomic E-state index is 12.3. The highest BCUT2D eigenvalue weighted by atomic mass is 35.5. The molecule has 2 heterocycles. The maximum Gasteiger partial charge on any atom is 0.355 e. The first kappa shape index (κ1) is 16.6. The van der Waals surface area contributed by atoms with Crippen molar-refractivity contribution in [2.45, 2.75) is 6.04 Å². The number of fused-ring (bicyclic) bond motifs is 1. The highest BCUT2D eigenvalue weighted by Gasteiger charge is 2.43. The monoisotopic (exact) mass is 370 g/mol. The number of cyclic esters (lactones) is 1. The van der Waals surface area contributed by atoms with Crippen LogP contribution in [0.15, 0.2) is 29.5 Å². The van der Waals surface area contributed by atoms with Crippen molar-refractivity contribution < 1.29 is 23.9 Å². The van der Waals surface area contributed by atoms with Gasteiger partial charge in [0.15, 0.2) is 0 Å². The van der Waals surface area contributed by atoms with E-state index in [4.69, 9.17) is 32.7 Å². The van der Waals surface area contributed by atoms with E-state index in [0.717, 1.165) is 0 Å². The Labute approximate surface area is 147 Å². The van der Waals surface area contributed by atoms with Crippen LogP contribution in [0.5, 0.6) is 0 Å². The molecule has 1 aromatic carbocycles. The van der Waals surface area contributed by atoms with E-state index in [1.54, 1.807) is 6.07 Å². The van der Waals surface area contributed by atoms with Crippen LogP contribution in [0.3, 0.4) is 0 Å². The number of methoxy groups -OCH3 is 1. The van der Waals surface area contributed by atoms with E-state index in [1.165, 1.54) is 24.1 Å². The third kappa shape index (κ3) is 2.70. The number of nitrogens with zero attached hydrogens (tertiary/aromatic N) is 1. The Bertz CT molecular complexity index is 777. The predicted molar refractivity (Wildman–Crippen MR) is 84.4 cm³/mol. The Morgan fingerprint density at radius 3 is 2.75 bits per heavy atom. The van der Waals surface area contributed by atoms with Crippen molar-refractivity contribution >= 4 is 41.2 Å². The Balaban J connectivity index is 2.18. The lowest BCUT2D eigenvalue weighted by Crippen LogP contribution is -2.53. The summed E-state index contributed by atoms with van der Waals surface area (Å²) < 4.78 is 9.76. The van der Waals surface area contributed by atoms with Crippen LogP contribution in [0, 0.1) is 0 Å². The molecule has 1 N–H and O–H groups in total. The van der Waals surface area contributed by atoms with Crippen molar-refractivity contribution in [1.82, 2.24) is 10.2 Å². The van der Waals surface area contributed by atoms with E-state index in [9.17, 15) is 14.4 Å². The number of hydrogen-bond acceptors (Lipinski definition) is 5. The van der Waals surface area contributed by atoms with Gasteiger partial charge in [-0.05, 0) is 17.7 Å². The first-order chi connectivity index (χ1) is 11.4. The molecule has 0 spiro atoms. The lowest BCUT2D eigenvalue weighted by molar-refractivity contribution is -0.146. The highest BCUT2D eigenvalue weighted by molar-refractivity contribution is 6.42. The van der Waals surface area contributed by atoms with Crippen molar-refractivity contribution in [3.05, 3.63) is 45.1 Å². The van der Waals surface area contributed by atoms with Crippen LogP contribution in [-0.2, 0) is 19.1 Å². The van der Waals surface area contributed by atoms with Gasteiger partial charge in [0.1, 0.15) is 12.3 Å². The average molecular weight is 371 g/mol. The number of benzene rings is 1. The molecule has 7 nitrogen and oxygen atoms in total. The number of nitrogens with one attached hydrogen (secondary N) is 1. The number of ether oxygens (including phenoxy) is 2. The van der Waals surface area contributed by atoms with Crippen LogP contribution in [0.2, 0.25) is 10.0 Å². The Morgan fingerprint density at radius 1 is 1.33 bits per heavy atom. The first-order valence-corrected chi connectivity index (χ1v) is 7.72. The van der Waals surface area contributed by atoms with E-state index >= 15 is 0 Å². The van der Waals surface area contributed by atoms with Gasteiger partial charge in [0.25, 0.3) is 0 Å². The molecule has 0 unspecified atom stereocenters. The van der Waals surface area contributed by atoms with Crippen molar-refractivity contribution in [3.63, 3.8) is 0 Å². The minimum absolute atomic E-state index is 0.0137. The zero-order chi connectivity index (χ0) is 17.4. The molecular formula is C15H12Cl2N2O5. The van der Waals surface area contributed by atoms with Crippen LogP contribution >= 0.6 is 23.2 Å². The highest BCUT2D eigenvalue weighted by Crippen LogP contribution is 2.35. The minimum Gasteiger partial charge on any atom is -0.466 e. The Hall–Kier alpha value is -2.25. The van der Waals surface area contributed by atoms with Crippen LogP contribution in [0.1, 0.15) is 11.6 Å². The third-order valence-corrected chi connectivity index (χ3v) is 4.49. The zero-order valence-corrected chi connectivity index (χ0v) is 14.0. The molecule has 24 heavy (non-hydrogen) atoms. The van der Waals surface area contributed by atoms with Gasteiger partial charge in [-0.1, -0.05) is 29.3 Å². The van der Waals surface area contributed by atoms with Crippen molar-refractivity contribution in [2.24, 2.45) is 0 Å². The molecule has 1 aromatic rings. The van der Waals surface area contributed by atoms with Crippen molar-refractivity contribution in [3.8, 4) is 0 Å². The van der Waals surface area contributed by atoms with Gasteiger partial charge < -0.3 is 14.8 Å². The number of urea groups is 1. The second-order valence-electron chi connectivity index (χ2n) is 5.10. The molecule has 2 amide bonds. The topological polar surface area (TPSA) is 84.9 Å². The summed E-state index contributed by atoms with van der Waals surface area (Å²) in [6, 6.07) is 3.24. The zero-order valence-electron chi connectivity index (χ0n) is 12.5. The minimum atomic E-state index is -0.906. The third-order valence-electron chi connectivity index (χ3n) is 3.75. The number of hydrogen-bond donors (Lipinski definition) is 1. The number of morpholine rings is 1. The second kappa shape index (κ2) is 6.33. The van der Waals surface area contributed by atoms with Gasteiger partial charge in [-0.15, -0.1) is 0 Å². The van der Waals surface area contributed by atoms with Gasteiger partial charge >= 0.3 is 18.0 Å². The summed E-state index contributed by atoms with van der Waals surface area (Å²) in [5, 5.41) is 3.27. The number of esters is 2. The van der Waals surface area contributed by atoms with E-state index in [1.807, 2.05) is 0 Å². The smallest absolute Gasteiger partial charge is 0.355 e. The SMILES string of the molecule is COC(=O)C1=C2C(=O)OCCN2C(=O)N[C@H]1c1ccc(Cl)c(Cl)c1. The largest absolute Gasteiger partial charge is 0.466 e. The summed E-state index contributed by atoms with van der Waals surface area (Å²) in [6.45, 7) is 0.211. The average Bonchev–Trinajstić information content (AvgIpc) is 2.57. The normalized spacial score (nSPS) is 20.3. The quantitative estimate of drug-likeness (QED) is 0.805. The van der Waals surface area contributed by atoms with E-state index in [0.29, 0.717) is 10.6 Å². The molecule has 126 valence electrons. The standard InChI is InChI=1S/C15H12Cl2N2O5/c1-23-13(20)10-11(7-2-3-8(16)9(17)6-7)18-15(22)19-4-5-24-14(21)12(10)19/h2-3,6,11H,4-5H2,1H3,(H,18,22)/t11-/m0/s1. The molecule has 0 aromatic heterocycles. The number of amides is 2. The molecule has 9 heteroatoms. The summed E-state index contributed by atoms with van der Waals surface area (Å²) in [6.07, 6.45) is 0. The van der Waals surface area contributed by atoms with E-state index in [-0.39, 0.29) is 29.4 Å². The fourth-order valence-electron chi connectivity index (χ4n) is 2.66. The fraction of sp³-hybridized carbons (Fsp3) is 0.267. The fourth-order valence-corrected chi connectivity index (χ4v) is 2.96. The van der Waals surface area contributed by atoms with Gasteiger partial charge in [-0.3, -0.25) is 4.90 Å². The molecule has 0 radical (unpaired) electrons.